The minimum Gasteiger partial charge on any atom is -0.383 e. The SMILES string of the molecule is COCCN1C[C@@H](CC(=O)Cc2c(C)c(-c3cnn(C)c3)nn2-c2ccccc2)[C@H](c2ccnc(F)c2F)C1. The van der Waals surface area contributed by atoms with Gasteiger partial charge in [0.15, 0.2) is 5.82 Å². The average Bonchev–Trinajstić information content (AvgIpc) is 3.62. The van der Waals surface area contributed by atoms with Crippen LogP contribution in [0.1, 0.15) is 29.2 Å². The number of para-hydroxylation sites is 1. The summed E-state index contributed by atoms with van der Waals surface area (Å²) in [6.45, 7) is 4.26. The van der Waals surface area contributed by atoms with E-state index in [1.165, 1.54) is 12.3 Å². The molecule has 204 valence electrons. The number of hydrogen-bond donors (Lipinski definition) is 0. The largest absolute Gasteiger partial charge is 0.383 e. The molecule has 0 bridgehead atoms. The van der Waals surface area contributed by atoms with Gasteiger partial charge in [0.05, 0.1) is 29.9 Å². The van der Waals surface area contributed by atoms with Crippen molar-refractivity contribution >= 4 is 5.78 Å². The number of likely N-dealkylation sites (tertiary alicyclic amines) is 1. The molecule has 8 nitrogen and oxygen atoms in total. The molecule has 5 rings (SSSR count). The fraction of sp³-hybridized carbons (Fsp3) is 0.379. The van der Waals surface area contributed by atoms with Crippen molar-refractivity contribution in [2.75, 3.05) is 33.4 Å². The number of pyridine rings is 1. The molecule has 0 spiro atoms. The number of aromatic nitrogens is 5. The molecule has 2 atom stereocenters. The predicted octanol–water partition coefficient (Wildman–Crippen LogP) is 4.12. The minimum absolute atomic E-state index is 0.0199. The number of nitrogens with zero attached hydrogens (tertiary/aromatic N) is 6. The number of ether oxygens (including phenoxy) is 1. The van der Waals surface area contributed by atoms with Crippen molar-refractivity contribution < 1.29 is 18.3 Å². The fourth-order valence-electron chi connectivity index (χ4n) is 5.53. The van der Waals surface area contributed by atoms with E-state index in [1.54, 1.807) is 18.0 Å². The Balaban J connectivity index is 1.43. The van der Waals surface area contributed by atoms with Crippen molar-refractivity contribution in [1.82, 2.24) is 29.4 Å². The number of ketones is 1. The average molecular weight is 535 g/mol. The monoisotopic (exact) mass is 534 g/mol. The predicted molar refractivity (Wildman–Crippen MR) is 143 cm³/mol. The normalized spacial score (nSPS) is 17.7. The zero-order valence-corrected chi connectivity index (χ0v) is 22.3. The van der Waals surface area contributed by atoms with Gasteiger partial charge in [-0.25, -0.2) is 14.1 Å². The van der Waals surface area contributed by atoms with Crippen LogP contribution in [0.4, 0.5) is 8.78 Å². The Morgan fingerprint density at radius 2 is 1.95 bits per heavy atom. The van der Waals surface area contributed by atoms with Gasteiger partial charge in [0, 0.05) is 70.5 Å². The highest BCUT2D eigenvalue weighted by molar-refractivity contribution is 5.82. The number of rotatable bonds is 10. The van der Waals surface area contributed by atoms with Gasteiger partial charge in [0.2, 0.25) is 5.95 Å². The van der Waals surface area contributed by atoms with E-state index in [2.05, 4.69) is 15.0 Å². The van der Waals surface area contributed by atoms with Crippen molar-refractivity contribution in [3.8, 4) is 16.9 Å². The molecule has 1 saturated heterocycles. The quantitative estimate of drug-likeness (QED) is 0.285. The molecule has 4 heterocycles. The van der Waals surface area contributed by atoms with Crippen LogP contribution < -0.4 is 0 Å². The summed E-state index contributed by atoms with van der Waals surface area (Å²) < 4.78 is 37.5. The van der Waals surface area contributed by atoms with Gasteiger partial charge in [0.25, 0.3) is 0 Å². The van der Waals surface area contributed by atoms with Crippen molar-refractivity contribution in [1.29, 1.82) is 0 Å². The number of benzene rings is 1. The molecule has 1 fully saturated rings. The maximum absolute atomic E-state index is 14.8. The first-order chi connectivity index (χ1) is 18.9. The smallest absolute Gasteiger partial charge is 0.249 e. The minimum atomic E-state index is -1.11. The molecule has 4 aromatic rings. The fourth-order valence-corrected chi connectivity index (χ4v) is 5.53. The van der Waals surface area contributed by atoms with Gasteiger partial charge in [-0.15, -0.1) is 0 Å². The van der Waals surface area contributed by atoms with Crippen LogP contribution in [0.5, 0.6) is 0 Å². The standard InChI is InChI=1S/C29H32F2N6O2/c1-19-26(37(22-7-5-4-6-8-22)34-28(19)21-15-33-35(2)16-21)14-23(38)13-20-17-36(11-12-39-3)18-25(20)24-9-10-32-29(31)27(24)30/h4-10,15-16,20,25H,11-14,17-18H2,1-3H3/t20-,25-/m1/s1. The molecule has 39 heavy (non-hydrogen) atoms. The van der Waals surface area contributed by atoms with Gasteiger partial charge in [-0.2, -0.15) is 14.6 Å². The Labute approximate surface area is 226 Å². The molecule has 1 aliphatic heterocycles. The lowest BCUT2D eigenvalue weighted by atomic mass is 9.85. The Bertz CT molecular complexity index is 1450. The number of carbonyl (C=O) groups is 1. The summed E-state index contributed by atoms with van der Waals surface area (Å²) in [6.07, 6.45) is 5.35. The van der Waals surface area contributed by atoms with E-state index in [0.29, 0.717) is 26.2 Å². The Morgan fingerprint density at radius 1 is 1.15 bits per heavy atom. The van der Waals surface area contributed by atoms with E-state index < -0.39 is 11.8 Å². The third-order valence-corrected chi connectivity index (χ3v) is 7.48. The summed E-state index contributed by atoms with van der Waals surface area (Å²) in [7, 11) is 3.48. The molecule has 0 amide bonds. The first-order valence-corrected chi connectivity index (χ1v) is 13.0. The van der Waals surface area contributed by atoms with E-state index in [0.717, 1.165) is 28.2 Å². The molecular formula is C29H32F2N6O2. The van der Waals surface area contributed by atoms with Gasteiger partial charge in [-0.05, 0) is 42.2 Å². The zero-order chi connectivity index (χ0) is 27.5. The maximum Gasteiger partial charge on any atom is 0.249 e. The van der Waals surface area contributed by atoms with Crippen molar-refractivity contribution in [2.45, 2.75) is 25.7 Å². The van der Waals surface area contributed by atoms with Gasteiger partial charge >= 0.3 is 0 Å². The van der Waals surface area contributed by atoms with E-state index in [1.807, 2.05) is 55.2 Å². The number of hydrogen-bond acceptors (Lipinski definition) is 6. The molecule has 0 unspecified atom stereocenters. The van der Waals surface area contributed by atoms with Gasteiger partial charge in [-0.3, -0.25) is 9.48 Å². The molecule has 0 aliphatic carbocycles. The van der Waals surface area contributed by atoms with E-state index in [9.17, 15) is 13.6 Å². The van der Waals surface area contributed by atoms with Gasteiger partial charge in [0.1, 0.15) is 5.78 Å². The molecule has 10 heteroatoms. The van der Waals surface area contributed by atoms with Crippen molar-refractivity contribution in [2.24, 2.45) is 13.0 Å². The Morgan fingerprint density at radius 3 is 2.67 bits per heavy atom. The molecule has 0 radical (unpaired) electrons. The van der Waals surface area contributed by atoms with Gasteiger partial charge in [-0.1, -0.05) is 18.2 Å². The summed E-state index contributed by atoms with van der Waals surface area (Å²) in [6, 6.07) is 11.2. The summed E-state index contributed by atoms with van der Waals surface area (Å²) in [4.78, 5) is 19.2. The highest BCUT2D eigenvalue weighted by Crippen LogP contribution is 2.37. The summed E-state index contributed by atoms with van der Waals surface area (Å²) >= 11 is 0. The molecule has 1 aliphatic rings. The highest BCUT2D eigenvalue weighted by atomic mass is 19.2. The van der Waals surface area contributed by atoms with Crippen LogP contribution in [0, 0.1) is 24.6 Å². The lowest BCUT2D eigenvalue weighted by Gasteiger charge is -2.19. The first-order valence-electron chi connectivity index (χ1n) is 13.0. The van der Waals surface area contributed by atoms with E-state index >= 15 is 0 Å². The van der Waals surface area contributed by atoms with Crippen LogP contribution >= 0.6 is 0 Å². The summed E-state index contributed by atoms with van der Waals surface area (Å²) in [5.74, 6) is -2.52. The number of Topliss-reactive ketones (excluding diaryl/α,β-unsaturated/α-hetero) is 1. The summed E-state index contributed by atoms with van der Waals surface area (Å²) in [5.41, 5.74) is 4.48. The highest BCUT2D eigenvalue weighted by Gasteiger charge is 2.37. The van der Waals surface area contributed by atoms with Crippen LogP contribution in [0.15, 0.2) is 55.0 Å². The molecule has 0 saturated carbocycles. The maximum atomic E-state index is 14.8. The van der Waals surface area contributed by atoms with Crippen LogP contribution in [0.2, 0.25) is 0 Å². The zero-order valence-electron chi connectivity index (χ0n) is 22.3. The first kappa shape index (κ1) is 26.8. The Kier molecular flexibility index (Phi) is 7.94. The van der Waals surface area contributed by atoms with Crippen LogP contribution in [-0.2, 0) is 23.0 Å². The van der Waals surface area contributed by atoms with Crippen LogP contribution in [0.3, 0.4) is 0 Å². The van der Waals surface area contributed by atoms with Crippen molar-refractivity contribution in [3.05, 3.63) is 83.6 Å². The second kappa shape index (κ2) is 11.5. The molecule has 3 aromatic heterocycles. The third-order valence-electron chi connectivity index (χ3n) is 7.48. The Hall–Kier alpha value is -3.76. The molecular weight excluding hydrogens is 502 g/mol. The van der Waals surface area contributed by atoms with Crippen LogP contribution in [-0.4, -0.2) is 68.6 Å². The van der Waals surface area contributed by atoms with Crippen LogP contribution in [0.25, 0.3) is 16.9 Å². The van der Waals surface area contributed by atoms with E-state index in [4.69, 9.17) is 9.84 Å². The topological polar surface area (TPSA) is 78.1 Å². The number of methoxy groups -OCH3 is 1. The molecule has 1 aromatic carbocycles. The number of aryl methyl sites for hydroxylation is 1. The molecule has 0 N–H and O–H groups in total. The number of halogens is 2. The van der Waals surface area contributed by atoms with E-state index in [-0.39, 0.29) is 36.0 Å². The van der Waals surface area contributed by atoms with Gasteiger partial charge < -0.3 is 9.64 Å². The second-order valence-electron chi connectivity index (χ2n) is 10.1. The lowest BCUT2D eigenvalue weighted by Crippen LogP contribution is -2.25. The van der Waals surface area contributed by atoms with Crippen molar-refractivity contribution in [3.63, 3.8) is 0 Å². The lowest BCUT2D eigenvalue weighted by molar-refractivity contribution is -0.119. The second-order valence-corrected chi connectivity index (χ2v) is 10.1. The number of carbonyl (C=O) groups excluding carboxylic acids is 1. The summed E-state index contributed by atoms with van der Waals surface area (Å²) in [5, 5.41) is 9.15. The third kappa shape index (κ3) is 5.67.